The Kier molecular flexibility index (Phi) is 5.34. The van der Waals surface area contributed by atoms with Crippen molar-refractivity contribution in [3.05, 3.63) is 59.9 Å². The average molecular weight is 342 g/mol. The third kappa shape index (κ3) is 4.17. The van der Waals surface area contributed by atoms with E-state index in [2.05, 4.69) is 5.32 Å². The number of benzene rings is 2. The lowest BCUT2D eigenvalue weighted by Gasteiger charge is -2.21. The Balaban J connectivity index is 1.61. The van der Waals surface area contributed by atoms with E-state index in [9.17, 15) is 14.3 Å². The molecule has 1 saturated heterocycles. The summed E-state index contributed by atoms with van der Waals surface area (Å²) in [4.78, 5) is 14.1. The zero-order chi connectivity index (χ0) is 17.8. The van der Waals surface area contributed by atoms with Crippen molar-refractivity contribution in [1.82, 2.24) is 10.2 Å². The molecule has 0 aromatic heterocycles. The highest BCUT2D eigenvalue weighted by molar-refractivity contribution is 5.75. The Morgan fingerprint density at radius 3 is 2.36 bits per heavy atom. The van der Waals surface area contributed by atoms with Gasteiger partial charge >= 0.3 is 6.03 Å². The molecule has 3 rings (SSSR count). The van der Waals surface area contributed by atoms with Gasteiger partial charge in [-0.1, -0.05) is 36.4 Å². The standard InChI is InChI=1S/C20H23FN2O2/c1-14(22-20(25)23-11-10-15(12-23)13-24)16-2-4-17(5-3-16)18-6-8-19(21)9-7-18/h2-9,14-15,24H,10-13H2,1H3,(H,22,25). The molecule has 0 aliphatic carbocycles. The molecule has 2 unspecified atom stereocenters. The van der Waals surface area contributed by atoms with Crippen LogP contribution < -0.4 is 5.32 Å². The number of rotatable bonds is 4. The van der Waals surface area contributed by atoms with E-state index in [1.807, 2.05) is 31.2 Å². The number of carbonyl (C=O) groups excluding carboxylic acids is 1. The molecule has 0 bridgehead atoms. The van der Waals surface area contributed by atoms with Crippen molar-refractivity contribution < 1.29 is 14.3 Å². The lowest BCUT2D eigenvalue weighted by atomic mass is 10.0. The monoisotopic (exact) mass is 342 g/mol. The second-order valence-corrected chi connectivity index (χ2v) is 6.58. The van der Waals surface area contributed by atoms with Gasteiger partial charge in [0.05, 0.1) is 6.04 Å². The van der Waals surface area contributed by atoms with Crippen molar-refractivity contribution in [2.75, 3.05) is 19.7 Å². The van der Waals surface area contributed by atoms with E-state index < -0.39 is 0 Å². The van der Waals surface area contributed by atoms with Gasteiger partial charge in [-0.05, 0) is 42.2 Å². The van der Waals surface area contributed by atoms with E-state index in [1.54, 1.807) is 17.0 Å². The van der Waals surface area contributed by atoms with Gasteiger partial charge < -0.3 is 15.3 Å². The first-order valence-corrected chi connectivity index (χ1v) is 8.59. The summed E-state index contributed by atoms with van der Waals surface area (Å²) in [6, 6.07) is 14.1. The van der Waals surface area contributed by atoms with Crippen molar-refractivity contribution in [3.63, 3.8) is 0 Å². The van der Waals surface area contributed by atoms with Crippen LogP contribution in [-0.4, -0.2) is 35.7 Å². The maximum atomic E-state index is 13.0. The normalized spacial score (nSPS) is 18.2. The van der Waals surface area contributed by atoms with Crippen LogP contribution in [0.2, 0.25) is 0 Å². The number of nitrogens with one attached hydrogen (secondary N) is 1. The van der Waals surface area contributed by atoms with Crippen LogP contribution in [0.15, 0.2) is 48.5 Å². The lowest BCUT2D eigenvalue weighted by molar-refractivity contribution is 0.195. The third-order valence-electron chi connectivity index (χ3n) is 4.76. The second kappa shape index (κ2) is 7.66. The highest BCUT2D eigenvalue weighted by Gasteiger charge is 2.26. The van der Waals surface area contributed by atoms with Crippen LogP contribution in [0.1, 0.15) is 24.9 Å². The zero-order valence-electron chi connectivity index (χ0n) is 14.3. The van der Waals surface area contributed by atoms with Gasteiger partial charge in [0.2, 0.25) is 0 Å². The largest absolute Gasteiger partial charge is 0.396 e. The molecule has 1 heterocycles. The predicted molar refractivity (Wildman–Crippen MR) is 95.5 cm³/mol. The molecule has 2 aromatic rings. The van der Waals surface area contributed by atoms with Crippen molar-refractivity contribution in [3.8, 4) is 11.1 Å². The van der Waals surface area contributed by atoms with Crippen molar-refractivity contribution in [2.45, 2.75) is 19.4 Å². The molecular formula is C20H23FN2O2. The zero-order valence-corrected chi connectivity index (χ0v) is 14.3. The fraction of sp³-hybridized carbons (Fsp3) is 0.350. The minimum Gasteiger partial charge on any atom is -0.396 e. The van der Waals surface area contributed by atoms with Crippen LogP contribution in [0, 0.1) is 11.7 Å². The number of likely N-dealkylation sites (tertiary alicyclic amines) is 1. The molecule has 4 nitrogen and oxygen atoms in total. The van der Waals surface area contributed by atoms with Gasteiger partial charge in [0, 0.05) is 25.6 Å². The Labute approximate surface area is 147 Å². The minimum atomic E-state index is -0.248. The summed E-state index contributed by atoms with van der Waals surface area (Å²) in [5.74, 6) is -0.0573. The fourth-order valence-electron chi connectivity index (χ4n) is 3.13. The van der Waals surface area contributed by atoms with Crippen LogP contribution in [-0.2, 0) is 0 Å². The third-order valence-corrected chi connectivity index (χ3v) is 4.76. The topological polar surface area (TPSA) is 52.6 Å². The summed E-state index contributed by atoms with van der Waals surface area (Å²) in [5, 5.41) is 12.2. The molecule has 1 fully saturated rings. The van der Waals surface area contributed by atoms with Gasteiger partial charge in [-0.15, -0.1) is 0 Å². The number of nitrogens with zero attached hydrogens (tertiary/aromatic N) is 1. The Bertz CT molecular complexity index is 715. The van der Waals surface area contributed by atoms with Gasteiger partial charge in [-0.25, -0.2) is 9.18 Å². The Morgan fingerprint density at radius 1 is 1.20 bits per heavy atom. The van der Waals surface area contributed by atoms with Crippen molar-refractivity contribution in [2.24, 2.45) is 5.92 Å². The molecule has 5 heteroatoms. The molecule has 2 amide bonds. The Hall–Kier alpha value is -2.40. The molecule has 2 N–H and O–H groups in total. The van der Waals surface area contributed by atoms with Crippen LogP contribution >= 0.6 is 0 Å². The molecule has 1 aliphatic rings. The SMILES string of the molecule is CC(NC(=O)N1CCC(CO)C1)c1ccc(-c2ccc(F)cc2)cc1. The predicted octanol–water partition coefficient (Wildman–Crippen LogP) is 3.58. The van der Waals surface area contributed by atoms with Crippen molar-refractivity contribution in [1.29, 1.82) is 0 Å². The van der Waals surface area contributed by atoms with E-state index in [-0.39, 0.29) is 30.4 Å². The van der Waals surface area contributed by atoms with Gasteiger partial charge in [0.15, 0.2) is 0 Å². The molecule has 0 radical (unpaired) electrons. The molecule has 132 valence electrons. The summed E-state index contributed by atoms with van der Waals surface area (Å²) in [7, 11) is 0. The van der Waals surface area contributed by atoms with Crippen molar-refractivity contribution >= 4 is 6.03 Å². The molecular weight excluding hydrogens is 319 g/mol. The molecule has 0 spiro atoms. The second-order valence-electron chi connectivity index (χ2n) is 6.58. The number of aliphatic hydroxyl groups is 1. The summed E-state index contributed by atoms with van der Waals surface area (Å²) in [6.45, 7) is 3.38. The fourth-order valence-corrected chi connectivity index (χ4v) is 3.13. The van der Waals surface area contributed by atoms with Crippen LogP contribution in [0.4, 0.5) is 9.18 Å². The number of carbonyl (C=O) groups is 1. The van der Waals surface area contributed by atoms with Gasteiger partial charge in [0.25, 0.3) is 0 Å². The summed E-state index contributed by atoms with van der Waals surface area (Å²) in [5.41, 5.74) is 2.97. The number of aliphatic hydroxyl groups excluding tert-OH is 1. The maximum Gasteiger partial charge on any atom is 0.317 e. The first-order valence-electron chi connectivity index (χ1n) is 8.59. The maximum absolute atomic E-state index is 13.0. The van der Waals surface area contributed by atoms with Gasteiger partial charge in [-0.2, -0.15) is 0 Å². The van der Waals surface area contributed by atoms with E-state index in [0.717, 1.165) is 23.1 Å². The number of halogens is 1. The summed E-state index contributed by atoms with van der Waals surface area (Å²) >= 11 is 0. The van der Waals surface area contributed by atoms with E-state index in [1.165, 1.54) is 12.1 Å². The molecule has 25 heavy (non-hydrogen) atoms. The first-order chi connectivity index (χ1) is 12.1. The Morgan fingerprint density at radius 2 is 1.80 bits per heavy atom. The molecule has 1 aliphatic heterocycles. The highest BCUT2D eigenvalue weighted by atomic mass is 19.1. The number of urea groups is 1. The highest BCUT2D eigenvalue weighted by Crippen LogP contribution is 2.23. The molecule has 2 atom stereocenters. The average Bonchev–Trinajstić information content (AvgIpc) is 3.12. The molecule has 2 aromatic carbocycles. The quantitative estimate of drug-likeness (QED) is 0.892. The minimum absolute atomic E-state index is 0.0916. The van der Waals surface area contributed by atoms with Gasteiger partial charge in [0.1, 0.15) is 5.82 Å². The molecule has 0 saturated carbocycles. The number of hydrogen-bond acceptors (Lipinski definition) is 2. The van der Waals surface area contributed by atoms with Crippen LogP contribution in [0.25, 0.3) is 11.1 Å². The van der Waals surface area contributed by atoms with Gasteiger partial charge in [-0.3, -0.25) is 0 Å². The van der Waals surface area contributed by atoms with E-state index >= 15 is 0 Å². The first kappa shape index (κ1) is 17.4. The van der Waals surface area contributed by atoms with E-state index in [0.29, 0.717) is 13.1 Å². The summed E-state index contributed by atoms with van der Waals surface area (Å²) < 4.78 is 13.0. The van der Waals surface area contributed by atoms with E-state index in [4.69, 9.17) is 0 Å². The number of amides is 2. The number of hydrogen-bond donors (Lipinski definition) is 2. The summed E-state index contributed by atoms with van der Waals surface area (Å²) in [6.07, 6.45) is 0.852. The van der Waals surface area contributed by atoms with Crippen LogP contribution in [0.5, 0.6) is 0 Å². The lowest BCUT2D eigenvalue weighted by Crippen LogP contribution is -2.39. The van der Waals surface area contributed by atoms with Crippen LogP contribution in [0.3, 0.4) is 0 Å². The smallest absolute Gasteiger partial charge is 0.317 e.